The Morgan fingerprint density at radius 3 is 2.62 bits per heavy atom. The van der Waals surface area contributed by atoms with Crippen molar-refractivity contribution in [3.63, 3.8) is 0 Å². The van der Waals surface area contributed by atoms with Crippen LogP contribution in [0, 0.1) is 0 Å². The Balaban J connectivity index is 1.77. The van der Waals surface area contributed by atoms with E-state index in [1.54, 1.807) is 30.3 Å². The summed E-state index contributed by atoms with van der Waals surface area (Å²) in [7, 11) is 1.49. The molecule has 0 bridgehead atoms. The number of rotatable bonds is 7. The molecule has 2 N–H and O–H groups in total. The van der Waals surface area contributed by atoms with E-state index in [9.17, 15) is 9.90 Å². The molecule has 8 heteroatoms. The summed E-state index contributed by atoms with van der Waals surface area (Å²) in [5, 5.41) is 12.6. The van der Waals surface area contributed by atoms with E-state index in [-0.39, 0.29) is 11.7 Å². The maximum atomic E-state index is 12.6. The molecule has 0 radical (unpaired) electrons. The number of anilines is 1. The standard InChI is InChI=1S/C21H20ClN3O4/c1-3-7-29-19-17(22)9-14(10-18(19)28-2)21(27)25-15-11-23-20(24-12-15)13-5-4-6-16(26)8-13/h4-6,8-12,26H,3,7H2,1-2H3,(H,25,27). The fourth-order valence-corrected chi connectivity index (χ4v) is 2.85. The van der Waals surface area contributed by atoms with Crippen LogP contribution < -0.4 is 14.8 Å². The zero-order chi connectivity index (χ0) is 20.8. The molecule has 1 heterocycles. The van der Waals surface area contributed by atoms with Crippen LogP contribution in [0.5, 0.6) is 17.2 Å². The van der Waals surface area contributed by atoms with Gasteiger partial charge in [-0.25, -0.2) is 9.97 Å². The third-order valence-electron chi connectivity index (χ3n) is 3.96. The molecule has 3 aromatic rings. The van der Waals surface area contributed by atoms with Gasteiger partial charge in [-0.15, -0.1) is 0 Å². The van der Waals surface area contributed by atoms with E-state index in [1.165, 1.54) is 25.6 Å². The average Bonchev–Trinajstić information content (AvgIpc) is 2.73. The minimum Gasteiger partial charge on any atom is -0.508 e. The van der Waals surface area contributed by atoms with Gasteiger partial charge in [0.05, 0.1) is 36.8 Å². The number of ether oxygens (including phenoxy) is 2. The van der Waals surface area contributed by atoms with Gasteiger partial charge in [-0.05, 0) is 30.7 Å². The molecule has 29 heavy (non-hydrogen) atoms. The largest absolute Gasteiger partial charge is 0.508 e. The fraction of sp³-hybridized carbons (Fsp3) is 0.190. The number of hydrogen-bond donors (Lipinski definition) is 2. The van der Waals surface area contributed by atoms with Crippen molar-refractivity contribution in [3.8, 4) is 28.6 Å². The topological polar surface area (TPSA) is 93.6 Å². The Morgan fingerprint density at radius 2 is 1.97 bits per heavy atom. The first-order valence-corrected chi connectivity index (χ1v) is 9.32. The second-order valence-corrected chi connectivity index (χ2v) is 6.54. The molecule has 150 valence electrons. The van der Waals surface area contributed by atoms with Gasteiger partial charge in [-0.3, -0.25) is 4.79 Å². The second kappa shape index (κ2) is 9.25. The first-order valence-electron chi connectivity index (χ1n) is 8.95. The van der Waals surface area contributed by atoms with Gasteiger partial charge in [0.1, 0.15) is 5.75 Å². The molecule has 0 atom stereocenters. The van der Waals surface area contributed by atoms with Crippen molar-refractivity contribution >= 4 is 23.2 Å². The van der Waals surface area contributed by atoms with Crippen LogP contribution >= 0.6 is 11.6 Å². The lowest BCUT2D eigenvalue weighted by Gasteiger charge is -2.13. The van der Waals surface area contributed by atoms with Crippen LogP contribution in [0.4, 0.5) is 5.69 Å². The summed E-state index contributed by atoms with van der Waals surface area (Å²) >= 11 is 6.27. The van der Waals surface area contributed by atoms with Crippen molar-refractivity contribution in [1.29, 1.82) is 0 Å². The van der Waals surface area contributed by atoms with Crippen LogP contribution in [-0.4, -0.2) is 34.7 Å². The molecule has 7 nitrogen and oxygen atoms in total. The maximum Gasteiger partial charge on any atom is 0.255 e. The molecule has 2 aromatic carbocycles. The number of benzene rings is 2. The zero-order valence-corrected chi connectivity index (χ0v) is 16.7. The smallest absolute Gasteiger partial charge is 0.255 e. The summed E-state index contributed by atoms with van der Waals surface area (Å²) in [6.45, 7) is 2.47. The number of aromatic hydroxyl groups is 1. The number of methoxy groups -OCH3 is 1. The molecule has 0 saturated heterocycles. The molecule has 0 spiro atoms. The number of halogens is 1. The summed E-state index contributed by atoms with van der Waals surface area (Å²) in [6, 6.07) is 9.69. The lowest BCUT2D eigenvalue weighted by atomic mass is 10.2. The van der Waals surface area contributed by atoms with E-state index in [1.807, 2.05) is 6.92 Å². The van der Waals surface area contributed by atoms with Gasteiger partial charge >= 0.3 is 0 Å². The molecular weight excluding hydrogens is 394 g/mol. The maximum absolute atomic E-state index is 12.6. The Labute approximate surface area is 173 Å². The van der Waals surface area contributed by atoms with Crippen molar-refractivity contribution < 1.29 is 19.4 Å². The molecule has 0 aliphatic heterocycles. The van der Waals surface area contributed by atoms with Gasteiger partial charge in [0.25, 0.3) is 5.91 Å². The number of nitrogens with one attached hydrogen (secondary N) is 1. The number of hydrogen-bond acceptors (Lipinski definition) is 6. The van der Waals surface area contributed by atoms with Crippen LogP contribution in [0.15, 0.2) is 48.8 Å². The minimum absolute atomic E-state index is 0.126. The van der Waals surface area contributed by atoms with E-state index < -0.39 is 0 Å². The molecule has 1 aromatic heterocycles. The Morgan fingerprint density at radius 1 is 1.21 bits per heavy atom. The van der Waals surface area contributed by atoms with Crippen molar-refractivity contribution in [3.05, 3.63) is 59.4 Å². The first-order chi connectivity index (χ1) is 14.0. The van der Waals surface area contributed by atoms with Crippen LogP contribution in [0.3, 0.4) is 0 Å². The van der Waals surface area contributed by atoms with E-state index in [0.717, 1.165) is 6.42 Å². The van der Waals surface area contributed by atoms with Crippen LogP contribution in [-0.2, 0) is 0 Å². The monoisotopic (exact) mass is 413 g/mol. The molecule has 3 rings (SSSR count). The highest BCUT2D eigenvalue weighted by Gasteiger charge is 2.16. The number of aromatic nitrogens is 2. The number of carbonyl (C=O) groups is 1. The minimum atomic E-state index is -0.388. The normalized spacial score (nSPS) is 10.4. The van der Waals surface area contributed by atoms with E-state index in [2.05, 4.69) is 15.3 Å². The van der Waals surface area contributed by atoms with E-state index >= 15 is 0 Å². The highest BCUT2D eigenvalue weighted by atomic mass is 35.5. The van der Waals surface area contributed by atoms with Crippen molar-refractivity contribution in [1.82, 2.24) is 9.97 Å². The van der Waals surface area contributed by atoms with Gasteiger partial charge in [0, 0.05) is 11.1 Å². The Bertz CT molecular complexity index is 1010. The van der Waals surface area contributed by atoms with E-state index in [0.29, 0.717) is 45.8 Å². The quantitative estimate of drug-likeness (QED) is 0.590. The number of nitrogens with zero attached hydrogens (tertiary/aromatic N) is 2. The number of phenols is 1. The summed E-state index contributed by atoms with van der Waals surface area (Å²) in [5.74, 6) is 0.959. The van der Waals surface area contributed by atoms with Crippen molar-refractivity contribution in [2.75, 3.05) is 19.0 Å². The van der Waals surface area contributed by atoms with Crippen LogP contribution in [0.1, 0.15) is 23.7 Å². The predicted octanol–water partition coefficient (Wildman–Crippen LogP) is 4.55. The third kappa shape index (κ3) is 4.94. The molecule has 0 saturated carbocycles. The second-order valence-electron chi connectivity index (χ2n) is 6.14. The van der Waals surface area contributed by atoms with Crippen LogP contribution in [0.25, 0.3) is 11.4 Å². The number of amides is 1. The molecular formula is C21H20ClN3O4. The molecule has 0 aliphatic carbocycles. The lowest BCUT2D eigenvalue weighted by molar-refractivity contribution is 0.102. The first kappa shape index (κ1) is 20.4. The molecule has 1 amide bonds. The summed E-state index contributed by atoms with van der Waals surface area (Å²) in [4.78, 5) is 21.1. The lowest BCUT2D eigenvalue weighted by Crippen LogP contribution is -2.13. The van der Waals surface area contributed by atoms with Gasteiger partial charge in [-0.1, -0.05) is 30.7 Å². The van der Waals surface area contributed by atoms with E-state index in [4.69, 9.17) is 21.1 Å². The predicted molar refractivity (Wildman–Crippen MR) is 111 cm³/mol. The van der Waals surface area contributed by atoms with Gasteiger partial charge in [-0.2, -0.15) is 0 Å². The molecule has 0 aliphatic rings. The number of phenolic OH excluding ortho intramolecular Hbond substituents is 1. The SMILES string of the molecule is CCCOc1c(Cl)cc(C(=O)Nc2cnc(-c3cccc(O)c3)nc2)cc1OC. The van der Waals surface area contributed by atoms with Gasteiger partial charge < -0.3 is 19.9 Å². The van der Waals surface area contributed by atoms with Crippen molar-refractivity contribution in [2.45, 2.75) is 13.3 Å². The molecule has 0 unspecified atom stereocenters. The molecule has 0 fully saturated rings. The Kier molecular flexibility index (Phi) is 6.51. The fourth-order valence-electron chi connectivity index (χ4n) is 2.59. The highest BCUT2D eigenvalue weighted by molar-refractivity contribution is 6.32. The summed E-state index contributed by atoms with van der Waals surface area (Å²) in [6.07, 6.45) is 3.80. The Hall–Kier alpha value is -3.32. The summed E-state index contributed by atoms with van der Waals surface area (Å²) in [5.41, 5.74) is 1.40. The number of carbonyl (C=O) groups excluding carboxylic acids is 1. The van der Waals surface area contributed by atoms with Gasteiger partial charge in [0.15, 0.2) is 17.3 Å². The van der Waals surface area contributed by atoms with Crippen LogP contribution in [0.2, 0.25) is 5.02 Å². The van der Waals surface area contributed by atoms with Gasteiger partial charge in [0.2, 0.25) is 0 Å². The third-order valence-corrected chi connectivity index (χ3v) is 4.24. The van der Waals surface area contributed by atoms with Crippen molar-refractivity contribution in [2.24, 2.45) is 0 Å². The zero-order valence-electron chi connectivity index (χ0n) is 16.0. The average molecular weight is 414 g/mol. The summed E-state index contributed by atoms with van der Waals surface area (Å²) < 4.78 is 10.9. The highest BCUT2D eigenvalue weighted by Crippen LogP contribution is 2.36.